The van der Waals surface area contributed by atoms with Crippen LogP contribution >= 0.6 is 0 Å². The Morgan fingerprint density at radius 1 is 0.459 bits per heavy atom. The van der Waals surface area contributed by atoms with Crippen LogP contribution in [0, 0.1) is 0 Å². The maximum Gasteiger partial charge on any atom is 0.161 e. The van der Waals surface area contributed by atoms with E-state index in [9.17, 15) is 0 Å². The molecule has 0 heterocycles. The molecule has 0 N–H and O–H groups in total. The molecule has 0 aliphatic heterocycles. The fourth-order valence-electron chi connectivity index (χ4n) is 4.81. The summed E-state index contributed by atoms with van der Waals surface area (Å²) in [7, 11) is -1.24. The predicted octanol–water partition coefficient (Wildman–Crippen LogP) is 7.09. The molecule has 0 radical (unpaired) electrons. The second-order valence-corrected chi connectivity index (χ2v) is 14.0. The van der Waals surface area contributed by atoms with Crippen molar-refractivity contribution in [3.63, 3.8) is 0 Å². The van der Waals surface area contributed by atoms with Gasteiger partial charge >= 0.3 is 0 Å². The first-order valence-corrected chi connectivity index (χ1v) is 16.9. The third kappa shape index (κ3) is 9.90. The molecule has 4 aromatic carbocycles. The first-order chi connectivity index (χ1) is 18.4. The number of aryl methyl sites for hydroxylation is 2. The zero-order chi connectivity index (χ0) is 25.4. The van der Waals surface area contributed by atoms with Crippen LogP contribution < -0.4 is 0 Å². The van der Waals surface area contributed by atoms with E-state index < -0.39 is 19.5 Å². The van der Waals surface area contributed by atoms with Gasteiger partial charge in [0.15, 0.2) is 19.5 Å². The molecule has 0 saturated carbocycles. The van der Waals surface area contributed by atoms with Gasteiger partial charge in [-0.25, -0.2) is 0 Å². The van der Waals surface area contributed by atoms with Crippen LogP contribution in [0.1, 0.15) is 60.1 Å². The van der Waals surface area contributed by atoms with E-state index in [1.807, 2.05) is 0 Å². The zero-order valence-corrected chi connectivity index (χ0v) is 24.7. The third-order valence-corrected chi connectivity index (χ3v) is 10.4. The number of benzene rings is 4. The maximum absolute atomic E-state index is 6.59. The van der Waals surface area contributed by atoms with E-state index in [2.05, 4.69) is 121 Å². The molecule has 37 heavy (non-hydrogen) atoms. The van der Waals surface area contributed by atoms with Crippen LogP contribution in [0.25, 0.3) is 0 Å². The van der Waals surface area contributed by atoms with Crippen molar-refractivity contribution >= 4 is 19.5 Å². The molecule has 4 rings (SSSR count). The number of hydrogen-bond donors (Lipinski definition) is 0. The molecule has 0 spiro atoms. The quantitative estimate of drug-likeness (QED) is 0.115. The SMILES string of the molecule is c1ccc(CCCC(O[SiH2]C[SiH2]OC(CCCc2ccccc2)c2ccccc2)c2ccccc2)cc1. The van der Waals surface area contributed by atoms with Crippen LogP contribution in [-0.2, 0) is 21.7 Å². The van der Waals surface area contributed by atoms with Gasteiger partial charge < -0.3 is 8.85 Å². The fraction of sp³-hybridized carbons (Fsp3) is 0.273. The summed E-state index contributed by atoms with van der Waals surface area (Å²) in [5.41, 5.74) is 6.62. The summed E-state index contributed by atoms with van der Waals surface area (Å²) in [5.74, 6) is 0. The van der Waals surface area contributed by atoms with E-state index in [-0.39, 0.29) is 12.2 Å². The van der Waals surface area contributed by atoms with Gasteiger partial charge in [-0.05, 0) is 66.4 Å². The Bertz CT molecular complexity index is 1020. The largest absolute Gasteiger partial charge is 0.417 e. The first-order valence-electron chi connectivity index (χ1n) is 13.8. The second kappa shape index (κ2) is 16.2. The molecule has 2 unspecified atom stereocenters. The second-order valence-electron chi connectivity index (χ2n) is 9.65. The van der Waals surface area contributed by atoms with E-state index in [1.165, 1.54) is 27.9 Å². The summed E-state index contributed by atoms with van der Waals surface area (Å²) in [6.45, 7) is 0. The molecule has 4 heteroatoms. The average Bonchev–Trinajstić information content (AvgIpc) is 2.97. The van der Waals surface area contributed by atoms with Crippen molar-refractivity contribution < 1.29 is 8.85 Å². The summed E-state index contributed by atoms with van der Waals surface area (Å²) in [5, 5.41) is 0. The highest BCUT2D eigenvalue weighted by Crippen LogP contribution is 2.25. The van der Waals surface area contributed by atoms with Gasteiger partial charge in [0.2, 0.25) is 0 Å². The van der Waals surface area contributed by atoms with Crippen molar-refractivity contribution in [2.75, 3.05) is 0 Å². The van der Waals surface area contributed by atoms with E-state index in [4.69, 9.17) is 8.85 Å². The van der Waals surface area contributed by atoms with Gasteiger partial charge in [-0.2, -0.15) is 0 Å². The Morgan fingerprint density at radius 3 is 1.19 bits per heavy atom. The molecule has 4 aromatic rings. The number of rotatable bonds is 16. The first kappa shape index (κ1) is 27.3. The van der Waals surface area contributed by atoms with Crippen LogP contribution in [0.4, 0.5) is 0 Å². The van der Waals surface area contributed by atoms with Gasteiger partial charge in [0.05, 0.1) is 12.2 Å². The van der Waals surface area contributed by atoms with Crippen molar-refractivity contribution in [2.45, 2.75) is 56.4 Å². The Balaban J connectivity index is 1.23. The molecule has 0 aliphatic carbocycles. The highest BCUT2D eigenvalue weighted by atomic mass is 28.3. The Kier molecular flexibility index (Phi) is 11.9. The van der Waals surface area contributed by atoms with E-state index >= 15 is 0 Å². The van der Waals surface area contributed by atoms with Gasteiger partial charge in [0.1, 0.15) is 0 Å². The van der Waals surface area contributed by atoms with Crippen molar-refractivity contribution in [3.05, 3.63) is 144 Å². The monoisotopic (exact) mass is 524 g/mol. The van der Waals surface area contributed by atoms with E-state index in [0.29, 0.717) is 0 Å². The normalized spacial score (nSPS) is 13.4. The van der Waals surface area contributed by atoms with Crippen molar-refractivity contribution in [1.82, 2.24) is 0 Å². The van der Waals surface area contributed by atoms with Crippen molar-refractivity contribution in [1.29, 1.82) is 0 Å². The smallest absolute Gasteiger partial charge is 0.161 e. The van der Waals surface area contributed by atoms with Gasteiger partial charge in [-0.3, -0.25) is 0 Å². The molecular weight excluding hydrogens is 485 g/mol. The zero-order valence-electron chi connectivity index (χ0n) is 21.9. The molecule has 0 fully saturated rings. The maximum atomic E-state index is 6.59. The highest BCUT2D eigenvalue weighted by molar-refractivity contribution is 6.48. The minimum absolute atomic E-state index is 0.210. The minimum atomic E-state index is -0.618. The van der Waals surface area contributed by atoms with Gasteiger partial charge in [0.25, 0.3) is 0 Å². The van der Waals surface area contributed by atoms with E-state index in [0.717, 1.165) is 38.5 Å². The Morgan fingerprint density at radius 2 is 0.811 bits per heavy atom. The standard InChI is InChI=1S/C33H40O2Si2/c1-5-15-28(16-6-1)19-13-25-32(30-21-9-3-10-22-30)34-36-27-37-35-33(31-23-11-4-12-24-31)26-14-20-29-17-7-2-8-18-29/h1-12,15-18,21-24,32-33H,13-14,19-20,25-27,36-37H2. The molecule has 0 saturated heterocycles. The summed E-state index contributed by atoms with van der Waals surface area (Å²) < 4.78 is 13.2. The summed E-state index contributed by atoms with van der Waals surface area (Å²) >= 11 is 0. The molecule has 0 bridgehead atoms. The van der Waals surface area contributed by atoms with Crippen molar-refractivity contribution in [3.8, 4) is 0 Å². The van der Waals surface area contributed by atoms with Crippen LogP contribution in [0.2, 0.25) is 5.67 Å². The lowest BCUT2D eigenvalue weighted by Gasteiger charge is -2.21. The Labute approximate surface area is 228 Å². The van der Waals surface area contributed by atoms with Gasteiger partial charge in [0, 0.05) is 0 Å². The molecule has 2 atom stereocenters. The lowest BCUT2D eigenvalue weighted by molar-refractivity contribution is 0.195. The summed E-state index contributed by atoms with van der Waals surface area (Å²) in [6.07, 6.45) is 7.06. The molecule has 0 amide bonds. The molecule has 192 valence electrons. The Hall–Kier alpha value is -2.77. The highest BCUT2D eigenvalue weighted by Gasteiger charge is 2.14. The number of hydrogen-bond acceptors (Lipinski definition) is 2. The predicted molar refractivity (Wildman–Crippen MR) is 161 cm³/mol. The average molecular weight is 525 g/mol. The van der Waals surface area contributed by atoms with Crippen LogP contribution in [0.15, 0.2) is 121 Å². The van der Waals surface area contributed by atoms with Gasteiger partial charge in [-0.1, -0.05) is 121 Å². The molecule has 0 aromatic heterocycles. The van der Waals surface area contributed by atoms with Crippen LogP contribution in [0.5, 0.6) is 0 Å². The molecule has 0 aliphatic rings. The topological polar surface area (TPSA) is 18.5 Å². The van der Waals surface area contributed by atoms with Crippen LogP contribution in [0.3, 0.4) is 0 Å². The third-order valence-electron chi connectivity index (χ3n) is 6.82. The summed E-state index contributed by atoms with van der Waals surface area (Å²) in [6, 6.07) is 43.1. The fourth-order valence-corrected chi connectivity index (χ4v) is 7.90. The van der Waals surface area contributed by atoms with Crippen molar-refractivity contribution in [2.24, 2.45) is 0 Å². The summed E-state index contributed by atoms with van der Waals surface area (Å²) in [4.78, 5) is 0. The molecule has 2 nitrogen and oxygen atoms in total. The minimum Gasteiger partial charge on any atom is -0.417 e. The lowest BCUT2D eigenvalue weighted by atomic mass is 10.0. The molecular formula is C33H40O2Si2. The van der Waals surface area contributed by atoms with E-state index in [1.54, 1.807) is 0 Å². The van der Waals surface area contributed by atoms with Gasteiger partial charge in [-0.15, -0.1) is 0 Å². The lowest BCUT2D eigenvalue weighted by Crippen LogP contribution is -2.14. The van der Waals surface area contributed by atoms with Crippen LogP contribution in [-0.4, -0.2) is 19.5 Å².